The van der Waals surface area contributed by atoms with Crippen molar-refractivity contribution >= 4 is 0 Å². The molecule has 21 heavy (non-hydrogen) atoms. The van der Waals surface area contributed by atoms with Crippen LogP contribution in [0.1, 0.15) is 22.3 Å². The van der Waals surface area contributed by atoms with E-state index in [0.29, 0.717) is 17.9 Å². The second-order valence-electron chi connectivity index (χ2n) is 4.84. The van der Waals surface area contributed by atoms with E-state index in [1.165, 1.54) is 12.1 Å². The zero-order chi connectivity index (χ0) is 15.2. The van der Waals surface area contributed by atoms with Gasteiger partial charge in [0.15, 0.2) is 0 Å². The molecule has 0 aliphatic heterocycles. The molecule has 0 aromatic heterocycles. The Labute approximate surface area is 124 Å². The number of hydrogen-bond donors (Lipinski definition) is 1. The lowest BCUT2D eigenvalue weighted by atomic mass is 10.0. The second-order valence-corrected chi connectivity index (χ2v) is 4.84. The summed E-state index contributed by atoms with van der Waals surface area (Å²) in [5.74, 6) is 5.62. The Bertz CT molecular complexity index is 678. The van der Waals surface area contributed by atoms with Crippen LogP contribution in [0.2, 0.25) is 0 Å². The molecule has 0 saturated carbocycles. The number of rotatable bonds is 3. The van der Waals surface area contributed by atoms with E-state index in [1.807, 2.05) is 32.0 Å². The van der Waals surface area contributed by atoms with Gasteiger partial charge in [0.2, 0.25) is 0 Å². The molecule has 0 heterocycles. The van der Waals surface area contributed by atoms with Gasteiger partial charge in [0.1, 0.15) is 18.2 Å². The van der Waals surface area contributed by atoms with Crippen LogP contribution in [0, 0.1) is 31.5 Å². The molecular formula is C18H18FNO. The van der Waals surface area contributed by atoms with Crippen molar-refractivity contribution in [3.63, 3.8) is 0 Å². The van der Waals surface area contributed by atoms with E-state index < -0.39 is 0 Å². The first-order valence-corrected chi connectivity index (χ1v) is 6.77. The molecule has 0 bridgehead atoms. The summed E-state index contributed by atoms with van der Waals surface area (Å²) in [5.41, 5.74) is 9.33. The molecule has 2 rings (SSSR count). The van der Waals surface area contributed by atoms with E-state index in [0.717, 1.165) is 16.7 Å². The average molecular weight is 283 g/mol. The Kier molecular flexibility index (Phi) is 4.97. The summed E-state index contributed by atoms with van der Waals surface area (Å²) in [5, 5.41) is 0. The van der Waals surface area contributed by atoms with E-state index >= 15 is 0 Å². The molecule has 0 saturated heterocycles. The number of hydrogen-bond acceptors (Lipinski definition) is 2. The topological polar surface area (TPSA) is 35.2 Å². The van der Waals surface area contributed by atoms with Crippen molar-refractivity contribution in [2.75, 3.05) is 6.54 Å². The minimum absolute atomic E-state index is 0.245. The van der Waals surface area contributed by atoms with E-state index in [2.05, 4.69) is 11.8 Å². The van der Waals surface area contributed by atoms with Gasteiger partial charge >= 0.3 is 0 Å². The molecule has 0 aliphatic rings. The zero-order valence-corrected chi connectivity index (χ0v) is 12.2. The summed E-state index contributed by atoms with van der Waals surface area (Å²) in [6.45, 7) is 4.73. The SMILES string of the molecule is Cc1cccc(C)c1COc1cc(F)cc(C#CCN)c1. The van der Waals surface area contributed by atoms with Crippen molar-refractivity contribution in [2.24, 2.45) is 5.73 Å². The van der Waals surface area contributed by atoms with Crippen molar-refractivity contribution in [1.29, 1.82) is 0 Å². The van der Waals surface area contributed by atoms with Crippen LogP contribution < -0.4 is 10.5 Å². The molecule has 0 radical (unpaired) electrons. The molecule has 0 spiro atoms. The highest BCUT2D eigenvalue weighted by Crippen LogP contribution is 2.20. The molecule has 2 nitrogen and oxygen atoms in total. The minimum atomic E-state index is -0.365. The van der Waals surface area contributed by atoms with Crippen LogP contribution in [0.25, 0.3) is 0 Å². The normalized spacial score (nSPS) is 9.90. The lowest BCUT2D eigenvalue weighted by molar-refractivity contribution is 0.303. The molecule has 2 N–H and O–H groups in total. The Morgan fingerprint density at radius 1 is 1.14 bits per heavy atom. The fourth-order valence-corrected chi connectivity index (χ4v) is 2.10. The first-order chi connectivity index (χ1) is 10.1. The molecule has 2 aromatic rings. The maximum atomic E-state index is 13.6. The quantitative estimate of drug-likeness (QED) is 0.877. The van der Waals surface area contributed by atoms with Gasteiger partial charge in [-0.05, 0) is 42.7 Å². The third-order valence-corrected chi connectivity index (χ3v) is 3.23. The standard InChI is InChI=1S/C18H18FNO/c1-13-5-3-6-14(2)18(13)12-21-17-10-15(7-4-8-20)9-16(19)11-17/h3,5-6,9-11H,8,12,20H2,1-2H3. The summed E-state index contributed by atoms with van der Waals surface area (Å²) >= 11 is 0. The Morgan fingerprint density at radius 3 is 2.52 bits per heavy atom. The van der Waals surface area contributed by atoms with Crippen LogP contribution in [0.4, 0.5) is 4.39 Å². The number of nitrogens with two attached hydrogens (primary N) is 1. The molecule has 2 aromatic carbocycles. The van der Waals surface area contributed by atoms with Crippen molar-refractivity contribution < 1.29 is 9.13 Å². The van der Waals surface area contributed by atoms with Gasteiger partial charge < -0.3 is 10.5 Å². The Morgan fingerprint density at radius 2 is 1.86 bits per heavy atom. The van der Waals surface area contributed by atoms with Crippen molar-refractivity contribution in [1.82, 2.24) is 0 Å². The summed E-state index contributed by atoms with van der Waals surface area (Å²) in [6, 6.07) is 10.5. The van der Waals surface area contributed by atoms with Crippen LogP contribution in [0.3, 0.4) is 0 Å². The molecule has 0 atom stereocenters. The smallest absolute Gasteiger partial charge is 0.128 e. The van der Waals surface area contributed by atoms with Gasteiger partial charge in [-0.3, -0.25) is 0 Å². The largest absolute Gasteiger partial charge is 0.489 e. The molecule has 0 fully saturated rings. The predicted molar refractivity (Wildman–Crippen MR) is 82.6 cm³/mol. The highest BCUT2D eigenvalue weighted by atomic mass is 19.1. The lowest BCUT2D eigenvalue weighted by Crippen LogP contribution is -2.01. The molecule has 0 unspecified atom stereocenters. The molecular weight excluding hydrogens is 265 g/mol. The third-order valence-electron chi connectivity index (χ3n) is 3.23. The van der Waals surface area contributed by atoms with Crippen LogP contribution in [0.5, 0.6) is 5.75 Å². The lowest BCUT2D eigenvalue weighted by Gasteiger charge is -2.11. The van der Waals surface area contributed by atoms with Crippen molar-refractivity contribution in [3.8, 4) is 17.6 Å². The van der Waals surface area contributed by atoms with Crippen molar-refractivity contribution in [3.05, 3.63) is 64.5 Å². The van der Waals surface area contributed by atoms with Crippen molar-refractivity contribution in [2.45, 2.75) is 20.5 Å². The van der Waals surface area contributed by atoms with Gasteiger partial charge in [-0.25, -0.2) is 4.39 Å². The van der Waals surface area contributed by atoms with Gasteiger partial charge in [0.25, 0.3) is 0 Å². The van der Waals surface area contributed by atoms with Gasteiger partial charge in [0.05, 0.1) is 6.54 Å². The molecule has 108 valence electrons. The molecule has 0 amide bonds. The second kappa shape index (κ2) is 6.92. The van der Waals surface area contributed by atoms with Crippen LogP contribution in [-0.4, -0.2) is 6.54 Å². The fraction of sp³-hybridized carbons (Fsp3) is 0.222. The Balaban J connectivity index is 2.18. The highest BCUT2D eigenvalue weighted by molar-refractivity contribution is 5.41. The Hall–Kier alpha value is -2.31. The molecule has 0 aliphatic carbocycles. The molecule has 3 heteroatoms. The van der Waals surface area contributed by atoms with Gasteiger partial charge in [0, 0.05) is 11.6 Å². The van der Waals surface area contributed by atoms with Crippen LogP contribution in [0.15, 0.2) is 36.4 Å². The minimum Gasteiger partial charge on any atom is -0.489 e. The van der Waals surface area contributed by atoms with E-state index in [9.17, 15) is 4.39 Å². The van der Waals surface area contributed by atoms with E-state index in [1.54, 1.807) is 6.07 Å². The van der Waals surface area contributed by atoms with Gasteiger partial charge in [-0.2, -0.15) is 0 Å². The number of aryl methyl sites for hydroxylation is 2. The summed E-state index contributed by atoms with van der Waals surface area (Å²) in [4.78, 5) is 0. The fourth-order valence-electron chi connectivity index (χ4n) is 2.10. The van der Waals surface area contributed by atoms with E-state index in [-0.39, 0.29) is 12.4 Å². The number of halogens is 1. The first-order valence-electron chi connectivity index (χ1n) is 6.77. The van der Waals surface area contributed by atoms with Crippen LogP contribution in [-0.2, 0) is 6.61 Å². The summed E-state index contributed by atoms with van der Waals surface area (Å²) < 4.78 is 19.3. The summed E-state index contributed by atoms with van der Waals surface area (Å²) in [7, 11) is 0. The monoisotopic (exact) mass is 283 g/mol. The van der Waals surface area contributed by atoms with E-state index in [4.69, 9.17) is 10.5 Å². The maximum Gasteiger partial charge on any atom is 0.128 e. The van der Waals surface area contributed by atoms with Gasteiger partial charge in [-0.15, -0.1) is 0 Å². The third kappa shape index (κ3) is 4.08. The zero-order valence-electron chi connectivity index (χ0n) is 12.2. The highest BCUT2D eigenvalue weighted by Gasteiger charge is 2.05. The van der Waals surface area contributed by atoms with Crippen LogP contribution >= 0.6 is 0 Å². The summed E-state index contributed by atoms with van der Waals surface area (Å²) in [6.07, 6.45) is 0. The predicted octanol–water partition coefficient (Wildman–Crippen LogP) is 3.33. The maximum absolute atomic E-state index is 13.6. The van der Waals surface area contributed by atoms with Gasteiger partial charge in [-0.1, -0.05) is 30.0 Å². The average Bonchev–Trinajstić information content (AvgIpc) is 2.44. The number of benzene rings is 2. The number of ether oxygens (including phenoxy) is 1. The first kappa shape index (κ1) is 15.1.